The van der Waals surface area contributed by atoms with Gasteiger partial charge < -0.3 is 21.4 Å². The van der Waals surface area contributed by atoms with E-state index in [-0.39, 0.29) is 23.9 Å². The smallest absolute Gasteiger partial charge is 0.224 e. The van der Waals surface area contributed by atoms with Crippen LogP contribution >= 0.6 is 0 Å². The minimum atomic E-state index is -0.119. The average Bonchev–Trinajstić information content (AvgIpc) is 2.84. The number of hydrogen-bond acceptors (Lipinski definition) is 6. The number of hydrazone groups is 1. The molecule has 0 bridgehead atoms. The quantitative estimate of drug-likeness (QED) is 0.182. The summed E-state index contributed by atoms with van der Waals surface area (Å²) in [6.07, 6.45) is 0.741. The van der Waals surface area contributed by atoms with E-state index in [1.165, 1.54) is 11.9 Å². The first-order chi connectivity index (χ1) is 17.7. The molecule has 0 fully saturated rings. The lowest BCUT2D eigenvalue weighted by Gasteiger charge is -2.39. The Balaban J connectivity index is 1.70. The van der Waals surface area contributed by atoms with Crippen LogP contribution in [0.5, 0.6) is 0 Å². The molecule has 3 aromatic rings. The maximum Gasteiger partial charge on any atom is 0.224 e. The van der Waals surface area contributed by atoms with Crippen molar-refractivity contribution < 1.29 is 9.59 Å². The van der Waals surface area contributed by atoms with Crippen LogP contribution < -0.4 is 27.2 Å². The molecule has 0 aromatic heterocycles. The average molecular weight is 500 g/mol. The lowest BCUT2D eigenvalue weighted by atomic mass is 9.88. The standard InChI is InChI=1S/C28H33N7O2/c1-17-14-26(32-23-11-8-20(9-12-23)28(33-29)34(4)30)25-16-22(10-13-27(25)35(17)19(3)37)21-6-5-7-24(15-21)31-18(2)36/h5-13,15-17,26,32H,14,29-30H2,1-4H3,(H,31,36)/b33-28-. The third kappa shape index (κ3) is 5.57. The van der Waals surface area contributed by atoms with Gasteiger partial charge in [-0.25, -0.2) is 5.84 Å². The maximum absolute atomic E-state index is 12.6. The number of nitrogens with zero attached hydrogens (tertiary/aromatic N) is 3. The van der Waals surface area contributed by atoms with Crippen molar-refractivity contribution in [1.29, 1.82) is 0 Å². The van der Waals surface area contributed by atoms with Crippen molar-refractivity contribution in [2.75, 3.05) is 22.6 Å². The van der Waals surface area contributed by atoms with Crippen LogP contribution in [0.4, 0.5) is 17.1 Å². The fourth-order valence-electron chi connectivity index (χ4n) is 4.93. The van der Waals surface area contributed by atoms with E-state index in [2.05, 4.69) is 28.7 Å². The molecule has 4 rings (SSSR count). The molecule has 2 amide bonds. The summed E-state index contributed by atoms with van der Waals surface area (Å²) in [4.78, 5) is 25.9. The van der Waals surface area contributed by atoms with Crippen molar-refractivity contribution in [3.8, 4) is 11.1 Å². The van der Waals surface area contributed by atoms with Crippen molar-refractivity contribution >= 4 is 34.7 Å². The van der Waals surface area contributed by atoms with E-state index in [1.807, 2.05) is 65.6 Å². The summed E-state index contributed by atoms with van der Waals surface area (Å²) < 4.78 is 0. The van der Waals surface area contributed by atoms with Crippen molar-refractivity contribution in [3.05, 3.63) is 77.9 Å². The number of anilines is 3. The van der Waals surface area contributed by atoms with Crippen molar-refractivity contribution in [2.45, 2.75) is 39.3 Å². The number of carbonyl (C=O) groups is 2. The molecule has 0 saturated carbocycles. The highest BCUT2D eigenvalue weighted by atomic mass is 16.2. The van der Waals surface area contributed by atoms with E-state index in [0.29, 0.717) is 5.84 Å². The number of benzene rings is 3. The minimum absolute atomic E-state index is 0.0106. The van der Waals surface area contributed by atoms with E-state index < -0.39 is 0 Å². The SMILES string of the molecule is CC(=O)Nc1cccc(-c2ccc3c(c2)C(Nc2ccc(/C(=N/N)N(C)N)cc2)CC(C)N3C(C)=O)c1. The van der Waals surface area contributed by atoms with Gasteiger partial charge in [-0.15, -0.1) is 0 Å². The number of nitrogens with one attached hydrogen (secondary N) is 2. The lowest BCUT2D eigenvalue weighted by Crippen LogP contribution is -2.43. The zero-order valence-electron chi connectivity index (χ0n) is 21.5. The summed E-state index contributed by atoms with van der Waals surface area (Å²) in [6, 6.07) is 21.6. The van der Waals surface area contributed by atoms with Gasteiger partial charge in [0, 0.05) is 49.6 Å². The van der Waals surface area contributed by atoms with Gasteiger partial charge in [0.15, 0.2) is 5.84 Å². The Morgan fingerprint density at radius 1 is 1.00 bits per heavy atom. The van der Waals surface area contributed by atoms with Gasteiger partial charge in [-0.3, -0.25) is 14.6 Å². The van der Waals surface area contributed by atoms with Crippen molar-refractivity contribution in [1.82, 2.24) is 5.01 Å². The monoisotopic (exact) mass is 499 g/mol. The van der Waals surface area contributed by atoms with Gasteiger partial charge in [0.2, 0.25) is 11.8 Å². The second-order valence-electron chi connectivity index (χ2n) is 9.35. The highest BCUT2D eigenvalue weighted by Crippen LogP contribution is 2.41. The number of rotatable bonds is 5. The number of hydrazine groups is 1. The zero-order chi connectivity index (χ0) is 26.7. The first-order valence-corrected chi connectivity index (χ1v) is 12.1. The largest absolute Gasteiger partial charge is 0.378 e. The molecular formula is C28H33N7O2. The third-order valence-electron chi connectivity index (χ3n) is 6.48. The van der Waals surface area contributed by atoms with Crippen molar-refractivity contribution in [2.24, 2.45) is 16.8 Å². The number of amides is 2. The van der Waals surface area contributed by atoms with Crippen LogP contribution in [0.15, 0.2) is 71.8 Å². The number of hydrogen-bond donors (Lipinski definition) is 4. The third-order valence-corrected chi connectivity index (χ3v) is 6.48. The summed E-state index contributed by atoms with van der Waals surface area (Å²) in [7, 11) is 1.68. The summed E-state index contributed by atoms with van der Waals surface area (Å²) in [5.74, 6) is 11.7. The number of amidine groups is 1. The van der Waals surface area contributed by atoms with Gasteiger partial charge in [0.1, 0.15) is 0 Å². The molecule has 9 nitrogen and oxygen atoms in total. The van der Waals surface area contributed by atoms with Gasteiger partial charge in [-0.05, 0) is 78.6 Å². The zero-order valence-corrected chi connectivity index (χ0v) is 21.5. The predicted octanol–water partition coefficient (Wildman–Crippen LogP) is 4.04. The highest BCUT2D eigenvalue weighted by Gasteiger charge is 2.32. The van der Waals surface area contributed by atoms with Gasteiger partial charge in [-0.1, -0.05) is 18.2 Å². The molecule has 3 aromatic carbocycles. The van der Waals surface area contributed by atoms with E-state index in [1.54, 1.807) is 14.0 Å². The first kappa shape index (κ1) is 25.7. The fraction of sp³-hybridized carbons (Fsp3) is 0.250. The summed E-state index contributed by atoms with van der Waals surface area (Å²) in [6.45, 7) is 5.15. The Morgan fingerprint density at radius 2 is 1.70 bits per heavy atom. The second kappa shape index (κ2) is 10.7. The second-order valence-corrected chi connectivity index (χ2v) is 9.35. The number of carbonyl (C=O) groups excluding carboxylic acids is 2. The van der Waals surface area contributed by atoms with Crippen LogP contribution in [0.3, 0.4) is 0 Å². The highest BCUT2D eigenvalue weighted by molar-refractivity contribution is 5.98. The molecule has 6 N–H and O–H groups in total. The Hall–Kier alpha value is -4.37. The topological polar surface area (TPSA) is 129 Å². The normalized spacial score (nSPS) is 17.1. The molecule has 192 valence electrons. The molecule has 0 radical (unpaired) electrons. The molecule has 1 aliphatic heterocycles. The molecule has 2 unspecified atom stereocenters. The van der Waals surface area contributed by atoms with Crippen LogP contribution in [0.2, 0.25) is 0 Å². The van der Waals surface area contributed by atoms with E-state index in [0.717, 1.165) is 45.7 Å². The number of nitrogens with two attached hydrogens (primary N) is 2. The molecule has 9 heteroatoms. The lowest BCUT2D eigenvalue weighted by molar-refractivity contribution is -0.117. The van der Waals surface area contributed by atoms with Crippen LogP contribution in [0, 0.1) is 0 Å². The predicted molar refractivity (Wildman–Crippen MR) is 149 cm³/mol. The number of fused-ring (bicyclic) bond motifs is 1. The molecule has 1 aliphatic rings. The van der Waals surface area contributed by atoms with Crippen LogP contribution in [-0.4, -0.2) is 35.7 Å². The molecule has 1 heterocycles. The molecule has 0 aliphatic carbocycles. The summed E-state index contributed by atoms with van der Waals surface area (Å²) >= 11 is 0. The first-order valence-electron chi connectivity index (χ1n) is 12.1. The van der Waals surface area contributed by atoms with Crippen molar-refractivity contribution in [3.63, 3.8) is 0 Å². The maximum atomic E-state index is 12.6. The van der Waals surface area contributed by atoms with E-state index >= 15 is 0 Å². The molecule has 37 heavy (non-hydrogen) atoms. The Kier molecular flexibility index (Phi) is 7.45. The van der Waals surface area contributed by atoms with Crippen LogP contribution in [-0.2, 0) is 9.59 Å². The van der Waals surface area contributed by atoms with Gasteiger partial charge >= 0.3 is 0 Å². The Labute approximate surface area is 217 Å². The van der Waals surface area contributed by atoms with Gasteiger partial charge in [0.05, 0.1) is 6.04 Å². The van der Waals surface area contributed by atoms with Gasteiger partial charge in [0.25, 0.3) is 0 Å². The van der Waals surface area contributed by atoms with E-state index in [9.17, 15) is 9.59 Å². The Morgan fingerprint density at radius 3 is 2.32 bits per heavy atom. The molecular weight excluding hydrogens is 466 g/mol. The Bertz CT molecular complexity index is 1330. The van der Waals surface area contributed by atoms with E-state index in [4.69, 9.17) is 11.7 Å². The molecule has 2 atom stereocenters. The fourth-order valence-corrected chi connectivity index (χ4v) is 4.93. The summed E-state index contributed by atoms with van der Waals surface area (Å²) in [5, 5.41) is 11.6. The summed E-state index contributed by atoms with van der Waals surface area (Å²) in [5.41, 5.74) is 6.37. The minimum Gasteiger partial charge on any atom is -0.378 e. The van der Waals surface area contributed by atoms with Crippen LogP contribution in [0.1, 0.15) is 44.4 Å². The van der Waals surface area contributed by atoms with Crippen LogP contribution in [0.25, 0.3) is 11.1 Å². The molecule has 0 spiro atoms. The van der Waals surface area contributed by atoms with Gasteiger partial charge in [-0.2, -0.15) is 5.10 Å². The molecule has 0 saturated heterocycles.